The van der Waals surface area contributed by atoms with E-state index < -0.39 is 0 Å². The molecule has 0 saturated heterocycles. The summed E-state index contributed by atoms with van der Waals surface area (Å²) in [4.78, 5) is 27.2. The number of amides is 1. The minimum absolute atomic E-state index is 0.0965. The number of carbonyl (C=O) groups excluding carboxylic acids is 1. The number of nitrogens with one attached hydrogen (secondary N) is 2. The van der Waals surface area contributed by atoms with Crippen LogP contribution in [0.3, 0.4) is 0 Å². The lowest BCUT2D eigenvalue weighted by molar-refractivity contribution is -0.120. The molecule has 0 aliphatic carbocycles. The molecule has 0 fully saturated rings. The molecular weight excluding hydrogens is 300 g/mol. The third-order valence-electron chi connectivity index (χ3n) is 4.31. The monoisotopic (exact) mass is 320 g/mol. The van der Waals surface area contributed by atoms with Crippen LogP contribution in [-0.4, -0.2) is 10.9 Å². The van der Waals surface area contributed by atoms with Crippen molar-refractivity contribution in [3.63, 3.8) is 0 Å². The van der Waals surface area contributed by atoms with Crippen LogP contribution in [0.15, 0.2) is 53.3 Å². The van der Waals surface area contributed by atoms with E-state index in [-0.39, 0.29) is 18.0 Å². The maximum absolute atomic E-state index is 12.3. The maximum atomic E-state index is 12.3. The highest BCUT2D eigenvalue weighted by atomic mass is 16.1. The molecule has 0 unspecified atom stereocenters. The summed E-state index contributed by atoms with van der Waals surface area (Å²) >= 11 is 0. The van der Waals surface area contributed by atoms with E-state index in [9.17, 15) is 9.59 Å². The zero-order chi connectivity index (χ0) is 17.1. The molecule has 3 aromatic rings. The van der Waals surface area contributed by atoms with Crippen molar-refractivity contribution >= 4 is 16.8 Å². The first-order valence-corrected chi connectivity index (χ1v) is 7.97. The van der Waals surface area contributed by atoms with Crippen molar-refractivity contribution in [2.75, 3.05) is 0 Å². The number of hydrogen-bond donors (Lipinski definition) is 2. The van der Waals surface area contributed by atoms with Crippen LogP contribution >= 0.6 is 0 Å². The molecule has 0 bridgehead atoms. The Labute approximate surface area is 140 Å². The van der Waals surface area contributed by atoms with Gasteiger partial charge in [-0.3, -0.25) is 9.59 Å². The summed E-state index contributed by atoms with van der Waals surface area (Å²) in [5.41, 5.74) is 4.43. The van der Waals surface area contributed by atoms with E-state index in [4.69, 9.17) is 0 Å². The van der Waals surface area contributed by atoms with E-state index in [1.807, 2.05) is 62.4 Å². The molecule has 0 aliphatic heterocycles. The van der Waals surface area contributed by atoms with Gasteiger partial charge in [0.15, 0.2) is 0 Å². The molecule has 1 aromatic heterocycles. The second kappa shape index (κ2) is 6.71. The number of fused-ring (bicyclic) bond motifs is 1. The molecule has 0 saturated carbocycles. The predicted octanol–water partition coefficient (Wildman–Crippen LogP) is 3.00. The van der Waals surface area contributed by atoms with Crippen LogP contribution in [0.4, 0.5) is 0 Å². The molecule has 0 atom stereocenters. The summed E-state index contributed by atoms with van der Waals surface area (Å²) in [5.74, 6) is -0.0965. The Bertz CT molecular complexity index is 943. The first-order valence-electron chi connectivity index (χ1n) is 7.97. The number of benzene rings is 2. The predicted molar refractivity (Wildman–Crippen MR) is 96.0 cm³/mol. The molecule has 0 radical (unpaired) electrons. The lowest BCUT2D eigenvalue weighted by Crippen LogP contribution is -2.28. The summed E-state index contributed by atoms with van der Waals surface area (Å²) < 4.78 is 0. The number of hydrogen-bond acceptors (Lipinski definition) is 2. The summed E-state index contributed by atoms with van der Waals surface area (Å²) in [6.07, 6.45) is 0.310. The summed E-state index contributed by atoms with van der Waals surface area (Å²) in [7, 11) is 0. The molecule has 1 amide bonds. The minimum Gasteiger partial charge on any atom is -0.352 e. The zero-order valence-corrected chi connectivity index (χ0v) is 13.8. The fourth-order valence-corrected chi connectivity index (χ4v) is 2.74. The van der Waals surface area contributed by atoms with E-state index in [2.05, 4.69) is 10.3 Å². The second-order valence-electron chi connectivity index (χ2n) is 6.03. The number of aryl methyl sites for hydroxylation is 2. The molecule has 0 aliphatic rings. The normalized spacial score (nSPS) is 10.8. The van der Waals surface area contributed by atoms with E-state index in [0.717, 1.165) is 27.6 Å². The highest BCUT2D eigenvalue weighted by Gasteiger charge is 2.08. The maximum Gasteiger partial charge on any atom is 0.253 e. The smallest absolute Gasteiger partial charge is 0.253 e. The Kier molecular flexibility index (Phi) is 4.47. The Balaban J connectivity index is 1.76. The van der Waals surface area contributed by atoms with E-state index in [0.29, 0.717) is 12.0 Å². The lowest BCUT2D eigenvalue weighted by Gasteiger charge is -2.09. The molecule has 2 aromatic carbocycles. The molecule has 4 heteroatoms. The lowest BCUT2D eigenvalue weighted by atomic mass is 10.0. The van der Waals surface area contributed by atoms with Gasteiger partial charge in [0.2, 0.25) is 5.91 Å². The number of aromatic amines is 1. The fraction of sp³-hybridized carbons (Fsp3) is 0.200. The number of aromatic nitrogens is 1. The molecular formula is C20H20N2O2. The molecule has 0 spiro atoms. The van der Waals surface area contributed by atoms with Crippen molar-refractivity contribution in [2.24, 2.45) is 0 Å². The van der Waals surface area contributed by atoms with Crippen molar-refractivity contribution in [3.05, 3.63) is 81.1 Å². The summed E-state index contributed by atoms with van der Waals surface area (Å²) in [5, 5.41) is 3.80. The van der Waals surface area contributed by atoms with Gasteiger partial charge in [-0.05, 0) is 42.0 Å². The molecule has 3 rings (SSSR count). The molecule has 1 heterocycles. The van der Waals surface area contributed by atoms with Crippen LogP contribution in [0.25, 0.3) is 10.9 Å². The van der Waals surface area contributed by atoms with Gasteiger partial charge >= 0.3 is 0 Å². The standard InChI is InChI=1S/C20H20N2O2/c1-13-8-9-16-11-17(20(24)22-19(16)14(13)2)12-21-18(23)10-15-6-4-3-5-7-15/h3-9,11H,10,12H2,1-2H3,(H,21,23)(H,22,24). The highest BCUT2D eigenvalue weighted by Crippen LogP contribution is 2.18. The van der Waals surface area contributed by atoms with Crippen LogP contribution in [0.2, 0.25) is 0 Å². The topological polar surface area (TPSA) is 62.0 Å². The number of rotatable bonds is 4. The van der Waals surface area contributed by atoms with Crippen molar-refractivity contribution in [2.45, 2.75) is 26.8 Å². The van der Waals surface area contributed by atoms with Gasteiger partial charge in [-0.2, -0.15) is 0 Å². The number of carbonyl (C=O) groups is 1. The zero-order valence-electron chi connectivity index (χ0n) is 13.8. The Morgan fingerprint density at radius 1 is 1.08 bits per heavy atom. The van der Waals surface area contributed by atoms with Crippen LogP contribution in [0, 0.1) is 13.8 Å². The number of pyridine rings is 1. The van der Waals surface area contributed by atoms with Crippen molar-refractivity contribution in [1.82, 2.24) is 10.3 Å². The Hall–Kier alpha value is -2.88. The second-order valence-corrected chi connectivity index (χ2v) is 6.03. The van der Waals surface area contributed by atoms with Gasteiger partial charge in [-0.15, -0.1) is 0 Å². The highest BCUT2D eigenvalue weighted by molar-refractivity contribution is 5.83. The quantitative estimate of drug-likeness (QED) is 0.776. The Morgan fingerprint density at radius 2 is 1.83 bits per heavy atom. The minimum atomic E-state index is -0.156. The fourth-order valence-electron chi connectivity index (χ4n) is 2.74. The average molecular weight is 320 g/mol. The SMILES string of the molecule is Cc1ccc2cc(CNC(=O)Cc3ccccc3)c(=O)[nH]c2c1C. The molecule has 2 N–H and O–H groups in total. The van der Waals surface area contributed by atoms with Gasteiger partial charge in [-0.1, -0.05) is 42.5 Å². The molecule has 4 nitrogen and oxygen atoms in total. The summed E-state index contributed by atoms with van der Waals surface area (Å²) in [6.45, 7) is 4.24. The van der Waals surface area contributed by atoms with Gasteiger partial charge < -0.3 is 10.3 Å². The Morgan fingerprint density at radius 3 is 2.58 bits per heavy atom. The third kappa shape index (κ3) is 3.38. The van der Waals surface area contributed by atoms with Gasteiger partial charge in [0.05, 0.1) is 11.9 Å². The van der Waals surface area contributed by atoms with Gasteiger partial charge in [0.25, 0.3) is 5.56 Å². The molecule has 122 valence electrons. The van der Waals surface area contributed by atoms with Gasteiger partial charge in [0, 0.05) is 12.1 Å². The van der Waals surface area contributed by atoms with E-state index >= 15 is 0 Å². The molecule has 24 heavy (non-hydrogen) atoms. The van der Waals surface area contributed by atoms with Crippen molar-refractivity contribution in [1.29, 1.82) is 0 Å². The number of H-pyrrole nitrogens is 1. The largest absolute Gasteiger partial charge is 0.352 e. The van der Waals surface area contributed by atoms with Crippen LogP contribution in [0.5, 0.6) is 0 Å². The van der Waals surface area contributed by atoms with Crippen molar-refractivity contribution < 1.29 is 4.79 Å². The van der Waals surface area contributed by atoms with Gasteiger partial charge in [-0.25, -0.2) is 0 Å². The summed E-state index contributed by atoms with van der Waals surface area (Å²) in [6, 6.07) is 15.4. The van der Waals surface area contributed by atoms with Crippen LogP contribution in [0.1, 0.15) is 22.3 Å². The average Bonchev–Trinajstić information content (AvgIpc) is 2.58. The van der Waals surface area contributed by atoms with Crippen molar-refractivity contribution in [3.8, 4) is 0 Å². The van der Waals surface area contributed by atoms with Gasteiger partial charge in [0.1, 0.15) is 0 Å². The van der Waals surface area contributed by atoms with E-state index in [1.165, 1.54) is 0 Å². The van der Waals surface area contributed by atoms with E-state index in [1.54, 1.807) is 0 Å². The first kappa shape index (κ1) is 16.0. The first-order chi connectivity index (χ1) is 11.5. The third-order valence-corrected chi connectivity index (χ3v) is 4.31. The van der Waals surface area contributed by atoms with Crippen LogP contribution in [-0.2, 0) is 17.8 Å². The van der Waals surface area contributed by atoms with Crippen LogP contribution < -0.4 is 10.9 Å².